The molecule has 4 nitrogen and oxygen atoms in total. The summed E-state index contributed by atoms with van der Waals surface area (Å²) in [5, 5.41) is 6.70. The van der Waals surface area contributed by atoms with Gasteiger partial charge in [0.05, 0.1) is 5.69 Å². The molecule has 6 heteroatoms. The summed E-state index contributed by atoms with van der Waals surface area (Å²) < 4.78 is 0. The Morgan fingerprint density at radius 3 is 3.00 bits per heavy atom. The van der Waals surface area contributed by atoms with Gasteiger partial charge in [-0.3, -0.25) is 4.79 Å². The lowest BCUT2D eigenvalue weighted by atomic mass is 9.96. The van der Waals surface area contributed by atoms with Crippen molar-refractivity contribution in [1.82, 2.24) is 10.3 Å². The predicted molar refractivity (Wildman–Crippen MR) is 77.8 cm³/mol. The van der Waals surface area contributed by atoms with Crippen LogP contribution in [0.4, 0.5) is 5.69 Å². The molecule has 1 atom stereocenters. The van der Waals surface area contributed by atoms with Crippen molar-refractivity contribution in [1.29, 1.82) is 0 Å². The van der Waals surface area contributed by atoms with E-state index in [2.05, 4.69) is 15.6 Å². The summed E-state index contributed by atoms with van der Waals surface area (Å²) in [6.07, 6.45) is 2.72. The number of halogens is 2. The third-order valence-electron chi connectivity index (χ3n) is 3.28. The highest BCUT2D eigenvalue weighted by Gasteiger charge is 2.18. The number of nitrogens with one attached hydrogen (secondary N) is 2. The lowest BCUT2D eigenvalue weighted by Gasteiger charge is -2.22. The van der Waals surface area contributed by atoms with Crippen LogP contribution in [0, 0.1) is 12.8 Å². The molecule has 1 aliphatic rings. The topological polar surface area (TPSA) is 54.0 Å². The van der Waals surface area contributed by atoms with Gasteiger partial charge in [0.2, 0.25) is 5.91 Å². The first-order valence-corrected chi connectivity index (χ1v) is 7.15. The summed E-state index contributed by atoms with van der Waals surface area (Å²) in [5.41, 5.74) is 1.37. The lowest BCUT2D eigenvalue weighted by molar-refractivity contribution is -0.117. The second kappa shape index (κ2) is 6.55. The van der Waals surface area contributed by atoms with Crippen molar-refractivity contribution in [3.8, 4) is 0 Å². The highest BCUT2D eigenvalue weighted by molar-refractivity contribution is 6.34. The molecular formula is C13H17Cl2N3O. The molecule has 0 bridgehead atoms. The number of rotatable bonds is 3. The van der Waals surface area contributed by atoms with Gasteiger partial charge in [-0.15, -0.1) is 0 Å². The van der Waals surface area contributed by atoms with Crippen molar-refractivity contribution >= 4 is 34.8 Å². The van der Waals surface area contributed by atoms with E-state index in [1.807, 2.05) is 6.92 Å². The number of carbonyl (C=O) groups is 1. The first-order chi connectivity index (χ1) is 9.06. The van der Waals surface area contributed by atoms with E-state index in [0.717, 1.165) is 31.5 Å². The fourth-order valence-corrected chi connectivity index (χ4v) is 2.88. The largest absolute Gasteiger partial charge is 0.323 e. The van der Waals surface area contributed by atoms with Gasteiger partial charge >= 0.3 is 0 Å². The molecule has 2 rings (SSSR count). The first-order valence-electron chi connectivity index (χ1n) is 6.39. The summed E-state index contributed by atoms with van der Waals surface area (Å²) in [7, 11) is 0. The minimum atomic E-state index is -0.0252. The maximum atomic E-state index is 12.0. The number of piperidine rings is 1. The van der Waals surface area contributed by atoms with Crippen LogP contribution in [-0.4, -0.2) is 24.0 Å². The van der Waals surface area contributed by atoms with Gasteiger partial charge in [-0.2, -0.15) is 0 Å². The van der Waals surface area contributed by atoms with Crippen LogP contribution in [0.25, 0.3) is 0 Å². The van der Waals surface area contributed by atoms with Gasteiger partial charge < -0.3 is 10.6 Å². The highest BCUT2D eigenvalue weighted by Crippen LogP contribution is 2.27. The molecule has 0 aromatic carbocycles. The Labute approximate surface area is 122 Å². The Morgan fingerprint density at radius 2 is 2.37 bits per heavy atom. The second-order valence-electron chi connectivity index (χ2n) is 4.89. The van der Waals surface area contributed by atoms with E-state index >= 15 is 0 Å². The van der Waals surface area contributed by atoms with E-state index in [4.69, 9.17) is 23.2 Å². The van der Waals surface area contributed by atoms with Crippen molar-refractivity contribution in [2.75, 3.05) is 18.4 Å². The van der Waals surface area contributed by atoms with Crippen LogP contribution in [-0.2, 0) is 4.79 Å². The van der Waals surface area contributed by atoms with Crippen molar-refractivity contribution in [3.63, 3.8) is 0 Å². The fraction of sp³-hybridized carbons (Fsp3) is 0.538. The second-order valence-corrected chi connectivity index (χ2v) is 5.64. The quantitative estimate of drug-likeness (QED) is 0.844. The van der Waals surface area contributed by atoms with Crippen LogP contribution in [0.15, 0.2) is 6.07 Å². The SMILES string of the molecule is Cc1cc(Cl)nc(Cl)c1NC(=O)CC1CCCNC1. The monoisotopic (exact) mass is 301 g/mol. The molecule has 1 fully saturated rings. The molecule has 0 spiro atoms. The third kappa shape index (κ3) is 4.06. The average Bonchev–Trinajstić information content (AvgIpc) is 2.35. The standard InChI is InChI=1S/C13H17Cl2N3O/c1-8-5-10(14)17-13(15)12(8)18-11(19)6-9-3-2-4-16-7-9/h5,9,16H,2-4,6-7H2,1H3,(H,18,19). The molecular weight excluding hydrogens is 285 g/mol. The maximum absolute atomic E-state index is 12.0. The average molecular weight is 302 g/mol. The number of anilines is 1. The number of hydrogen-bond acceptors (Lipinski definition) is 3. The van der Waals surface area contributed by atoms with Crippen LogP contribution < -0.4 is 10.6 Å². The Kier molecular flexibility index (Phi) is 5.02. The van der Waals surface area contributed by atoms with Gasteiger partial charge in [-0.05, 0) is 50.4 Å². The summed E-state index contributed by atoms with van der Waals surface area (Å²) in [6.45, 7) is 3.79. The summed E-state index contributed by atoms with van der Waals surface area (Å²) >= 11 is 11.8. The molecule has 0 radical (unpaired) electrons. The molecule has 1 amide bonds. The number of aromatic nitrogens is 1. The van der Waals surface area contributed by atoms with E-state index in [-0.39, 0.29) is 11.1 Å². The van der Waals surface area contributed by atoms with E-state index in [1.54, 1.807) is 6.07 Å². The summed E-state index contributed by atoms with van der Waals surface area (Å²) in [6, 6.07) is 1.69. The minimum absolute atomic E-state index is 0.0252. The van der Waals surface area contributed by atoms with Gasteiger partial charge in [0, 0.05) is 6.42 Å². The molecule has 0 saturated carbocycles. The Morgan fingerprint density at radius 1 is 1.58 bits per heavy atom. The van der Waals surface area contributed by atoms with Crippen LogP contribution in [0.1, 0.15) is 24.8 Å². The molecule has 1 saturated heterocycles. The first kappa shape index (κ1) is 14.6. The minimum Gasteiger partial charge on any atom is -0.323 e. The summed E-state index contributed by atoms with van der Waals surface area (Å²) in [4.78, 5) is 15.9. The van der Waals surface area contributed by atoms with Gasteiger partial charge in [-0.1, -0.05) is 23.2 Å². The van der Waals surface area contributed by atoms with Gasteiger partial charge in [-0.25, -0.2) is 4.98 Å². The Bertz CT molecular complexity index is 450. The third-order valence-corrected chi connectivity index (χ3v) is 3.75. The van der Waals surface area contributed by atoms with Crippen LogP contribution in [0.3, 0.4) is 0 Å². The highest BCUT2D eigenvalue weighted by atomic mass is 35.5. The predicted octanol–water partition coefficient (Wildman–Crippen LogP) is 3.03. The molecule has 1 aromatic rings. The van der Waals surface area contributed by atoms with Crippen LogP contribution >= 0.6 is 23.2 Å². The molecule has 2 heterocycles. The molecule has 1 aliphatic heterocycles. The lowest BCUT2D eigenvalue weighted by Crippen LogP contribution is -2.32. The number of amides is 1. The van der Waals surface area contributed by atoms with Crippen molar-refractivity contribution in [3.05, 3.63) is 21.9 Å². The van der Waals surface area contributed by atoms with Gasteiger partial charge in [0.1, 0.15) is 5.15 Å². The molecule has 2 N–H and O–H groups in total. The number of pyridine rings is 1. The molecule has 19 heavy (non-hydrogen) atoms. The summed E-state index contributed by atoms with van der Waals surface area (Å²) in [5.74, 6) is 0.371. The number of hydrogen-bond donors (Lipinski definition) is 2. The van der Waals surface area contributed by atoms with E-state index in [1.165, 1.54) is 0 Å². The van der Waals surface area contributed by atoms with Gasteiger partial charge in [0.15, 0.2) is 5.15 Å². The molecule has 1 unspecified atom stereocenters. The maximum Gasteiger partial charge on any atom is 0.224 e. The van der Waals surface area contributed by atoms with E-state index in [0.29, 0.717) is 23.2 Å². The molecule has 1 aromatic heterocycles. The van der Waals surface area contributed by atoms with Crippen LogP contribution in [0.2, 0.25) is 10.3 Å². The zero-order valence-corrected chi connectivity index (χ0v) is 12.3. The van der Waals surface area contributed by atoms with Crippen molar-refractivity contribution < 1.29 is 4.79 Å². The van der Waals surface area contributed by atoms with E-state index in [9.17, 15) is 4.79 Å². The van der Waals surface area contributed by atoms with Gasteiger partial charge in [0.25, 0.3) is 0 Å². The normalized spacial score (nSPS) is 19.2. The van der Waals surface area contributed by atoms with Crippen molar-refractivity contribution in [2.45, 2.75) is 26.2 Å². The zero-order valence-electron chi connectivity index (χ0n) is 10.8. The Hall–Kier alpha value is -0.840. The number of aryl methyl sites for hydroxylation is 1. The Balaban J connectivity index is 1.98. The fourth-order valence-electron chi connectivity index (χ4n) is 2.30. The number of nitrogens with zero attached hydrogens (tertiary/aromatic N) is 1. The smallest absolute Gasteiger partial charge is 0.224 e. The number of carbonyl (C=O) groups excluding carboxylic acids is 1. The molecule has 104 valence electrons. The van der Waals surface area contributed by atoms with E-state index < -0.39 is 0 Å². The molecule has 0 aliphatic carbocycles. The zero-order chi connectivity index (χ0) is 13.8. The van der Waals surface area contributed by atoms with Crippen LogP contribution in [0.5, 0.6) is 0 Å². The van der Waals surface area contributed by atoms with Crippen molar-refractivity contribution in [2.24, 2.45) is 5.92 Å².